The topological polar surface area (TPSA) is 26.3 Å². The van der Waals surface area contributed by atoms with Crippen molar-refractivity contribution in [2.24, 2.45) is 0 Å². The molecule has 0 aliphatic heterocycles. The van der Waals surface area contributed by atoms with E-state index in [0.717, 1.165) is 25.7 Å². The Morgan fingerprint density at radius 2 is 1.03 bits per heavy atom. The van der Waals surface area contributed by atoms with E-state index in [1.807, 2.05) is 0 Å². The van der Waals surface area contributed by atoms with E-state index >= 15 is 0 Å². The Balaban J connectivity index is 3.29. The van der Waals surface area contributed by atoms with Crippen LogP contribution in [0.25, 0.3) is 0 Å². The van der Waals surface area contributed by atoms with E-state index in [4.69, 9.17) is 4.74 Å². The van der Waals surface area contributed by atoms with E-state index in [1.54, 1.807) is 0 Å². The molecule has 31 heavy (non-hydrogen) atoms. The number of ether oxygens (including phenoxy) is 1. The van der Waals surface area contributed by atoms with Crippen molar-refractivity contribution in [3.05, 3.63) is 36.5 Å². The van der Waals surface area contributed by atoms with Gasteiger partial charge in [-0.2, -0.15) is 0 Å². The number of hydrogen-bond acceptors (Lipinski definition) is 2. The zero-order valence-corrected chi connectivity index (χ0v) is 20.9. The first-order chi connectivity index (χ1) is 15.3. The number of unbranched alkanes of at least 4 members (excludes halogenated alkanes) is 15. The van der Waals surface area contributed by atoms with E-state index in [-0.39, 0.29) is 5.97 Å². The van der Waals surface area contributed by atoms with E-state index < -0.39 is 0 Å². The lowest BCUT2D eigenvalue weighted by Crippen LogP contribution is -2.05. The molecule has 0 saturated heterocycles. The number of hydrogen-bond donors (Lipinski definition) is 0. The molecule has 0 amide bonds. The highest BCUT2D eigenvalue weighted by Gasteiger charge is 2.02. The van der Waals surface area contributed by atoms with Crippen LogP contribution in [0.2, 0.25) is 0 Å². The first-order valence-corrected chi connectivity index (χ1v) is 13.4. The molecular formula is C29H52O2. The van der Waals surface area contributed by atoms with Gasteiger partial charge >= 0.3 is 5.97 Å². The van der Waals surface area contributed by atoms with Crippen molar-refractivity contribution in [1.82, 2.24) is 0 Å². The quantitative estimate of drug-likeness (QED) is 0.0912. The van der Waals surface area contributed by atoms with Gasteiger partial charge in [0.25, 0.3) is 0 Å². The number of allylic oxidation sites excluding steroid dienone is 6. The maximum atomic E-state index is 11.8. The lowest BCUT2D eigenvalue weighted by Gasteiger charge is -2.05. The molecule has 0 spiro atoms. The van der Waals surface area contributed by atoms with Gasteiger partial charge in [0.05, 0.1) is 6.61 Å². The van der Waals surface area contributed by atoms with Gasteiger partial charge in [0.2, 0.25) is 0 Å². The predicted molar refractivity (Wildman–Crippen MR) is 137 cm³/mol. The molecule has 0 bridgehead atoms. The van der Waals surface area contributed by atoms with Crippen LogP contribution in [0.3, 0.4) is 0 Å². The summed E-state index contributed by atoms with van der Waals surface area (Å²) in [7, 11) is 0. The van der Waals surface area contributed by atoms with Crippen molar-refractivity contribution in [3.63, 3.8) is 0 Å². The Morgan fingerprint density at radius 3 is 1.65 bits per heavy atom. The summed E-state index contributed by atoms with van der Waals surface area (Å²) >= 11 is 0. The van der Waals surface area contributed by atoms with Crippen LogP contribution < -0.4 is 0 Å². The van der Waals surface area contributed by atoms with Crippen molar-refractivity contribution in [1.29, 1.82) is 0 Å². The first-order valence-electron chi connectivity index (χ1n) is 13.4. The molecule has 180 valence electrons. The monoisotopic (exact) mass is 432 g/mol. The van der Waals surface area contributed by atoms with E-state index in [9.17, 15) is 4.79 Å². The molecule has 2 nitrogen and oxygen atoms in total. The molecule has 0 fully saturated rings. The molecule has 0 rings (SSSR count). The summed E-state index contributed by atoms with van der Waals surface area (Å²) in [5, 5.41) is 0. The van der Waals surface area contributed by atoms with Gasteiger partial charge in [-0.25, -0.2) is 0 Å². The van der Waals surface area contributed by atoms with Crippen molar-refractivity contribution in [3.8, 4) is 0 Å². The van der Waals surface area contributed by atoms with Crippen LogP contribution in [0.5, 0.6) is 0 Å². The molecule has 0 radical (unpaired) electrons. The van der Waals surface area contributed by atoms with Gasteiger partial charge in [-0.15, -0.1) is 0 Å². The Bertz CT molecular complexity index is 448. The van der Waals surface area contributed by atoms with Crippen LogP contribution in [0.4, 0.5) is 0 Å². The summed E-state index contributed by atoms with van der Waals surface area (Å²) in [5.74, 6) is -0.00182. The molecule has 0 saturated carbocycles. The average Bonchev–Trinajstić information content (AvgIpc) is 2.77. The molecule has 0 aromatic heterocycles. The third-order valence-electron chi connectivity index (χ3n) is 5.59. The first kappa shape index (κ1) is 29.7. The molecule has 0 aromatic carbocycles. The molecule has 0 aliphatic rings. The second-order valence-corrected chi connectivity index (χ2v) is 8.74. The summed E-state index contributed by atoms with van der Waals surface area (Å²) in [6.07, 6.45) is 35.9. The molecule has 2 heteroatoms. The molecule has 0 N–H and O–H groups in total. The van der Waals surface area contributed by atoms with Gasteiger partial charge in [-0.1, -0.05) is 134 Å². The molecule has 0 aliphatic carbocycles. The number of carbonyl (C=O) groups excluding carboxylic acids is 1. The fourth-order valence-electron chi connectivity index (χ4n) is 3.53. The average molecular weight is 433 g/mol. The molecule has 0 aromatic rings. The molecular weight excluding hydrogens is 380 g/mol. The van der Waals surface area contributed by atoms with Crippen LogP contribution in [0.1, 0.15) is 136 Å². The lowest BCUT2D eigenvalue weighted by atomic mass is 10.1. The minimum absolute atomic E-state index is 0.00182. The van der Waals surface area contributed by atoms with Gasteiger partial charge < -0.3 is 4.74 Å². The normalized spacial score (nSPS) is 11.9. The summed E-state index contributed by atoms with van der Waals surface area (Å²) in [4.78, 5) is 11.8. The minimum Gasteiger partial charge on any atom is -0.466 e. The second-order valence-electron chi connectivity index (χ2n) is 8.74. The van der Waals surface area contributed by atoms with E-state index in [2.05, 4.69) is 50.3 Å². The third-order valence-corrected chi connectivity index (χ3v) is 5.59. The smallest absolute Gasteiger partial charge is 0.305 e. The van der Waals surface area contributed by atoms with E-state index in [1.165, 1.54) is 89.9 Å². The van der Waals surface area contributed by atoms with Gasteiger partial charge in [0.15, 0.2) is 0 Å². The number of esters is 1. The Hall–Kier alpha value is -1.31. The van der Waals surface area contributed by atoms with Crippen molar-refractivity contribution < 1.29 is 9.53 Å². The summed E-state index contributed by atoms with van der Waals surface area (Å²) in [6, 6.07) is 0. The van der Waals surface area contributed by atoms with E-state index in [0.29, 0.717) is 13.0 Å². The van der Waals surface area contributed by atoms with Gasteiger partial charge in [-0.3, -0.25) is 4.79 Å². The molecule has 0 unspecified atom stereocenters. The van der Waals surface area contributed by atoms with Gasteiger partial charge in [-0.05, 0) is 32.1 Å². The van der Waals surface area contributed by atoms with Crippen molar-refractivity contribution in [2.75, 3.05) is 6.61 Å². The van der Waals surface area contributed by atoms with Crippen LogP contribution in [-0.2, 0) is 9.53 Å². The Kier molecular flexibility index (Phi) is 25.6. The second kappa shape index (κ2) is 26.7. The van der Waals surface area contributed by atoms with Crippen LogP contribution in [-0.4, -0.2) is 12.6 Å². The highest BCUT2D eigenvalue weighted by molar-refractivity contribution is 5.69. The molecule has 0 atom stereocenters. The zero-order valence-electron chi connectivity index (χ0n) is 20.9. The lowest BCUT2D eigenvalue weighted by molar-refractivity contribution is -0.143. The Labute approximate surface area is 194 Å². The highest BCUT2D eigenvalue weighted by atomic mass is 16.5. The maximum Gasteiger partial charge on any atom is 0.305 e. The minimum atomic E-state index is -0.00182. The van der Waals surface area contributed by atoms with Crippen LogP contribution in [0.15, 0.2) is 36.5 Å². The summed E-state index contributed by atoms with van der Waals surface area (Å²) in [5.41, 5.74) is 0. The third kappa shape index (κ3) is 26.7. The predicted octanol–water partition coefficient (Wildman–Crippen LogP) is 9.65. The number of rotatable bonds is 23. The maximum absolute atomic E-state index is 11.8. The summed E-state index contributed by atoms with van der Waals surface area (Å²) in [6.45, 7) is 5.10. The van der Waals surface area contributed by atoms with Gasteiger partial charge in [0.1, 0.15) is 0 Å². The fourth-order valence-corrected chi connectivity index (χ4v) is 3.53. The summed E-state index contributed by atoms with van der Waals surface area (Å²) < 4.78 is 5.36. The van der Waals surface area contributed by atoms with Crippen molar-refractivity contribution in [2.45, 2.75) is 136 Å². The van der Waals surface area contributed by atoms with Crippen LogP contribution >= 0.6 is 0 Å². The highest BCUT2D eigenvalue weighted by Crippen LogP contribution is 2.11. The van der Waals surface area contributed by atoms with Crippen molar-refractivity contribution >= 4 is 5.97 Å². The fraction of sp³-hybridized carbons (Fsp3) is 0.759. The SMILES string of the molecule is CCCCC=CC=CC=CCCCCCCCC(=O)OCCCCCCCCCCC. The van der Waals surface area contributed by atoms with Gasteiger partial charge in [0, 0.05) is 6.42 Å². The molecule has 0 heterocycles. The van der Waals surface area contributed by atoms with Crippen LogP contribution in [0, 0.1) is 0 Å². The largest absolute Gasteiger partial charge is 0.466 e. The Morgan fingerprint density at radius 1 is 0.548 bits per heavy atom. The number of carbonyl (C=O) groups is 1. The standard InChI is InChI=1S/C29H52O2/c1-3-5-7-9-11-13-14-15-16-17-18-19-21-23-25-27-29(30)31-28-26-24-22-20-12-10-8-6-4-2/h9,11,13-16H,3-8,10,12,17-28H2,1-2H3. The zero-order chi connectivity index (χ0) is 22.7.